The zero-order chi connectivity index (χ0) is 14.0. The number of hydrogen-bond acceptors (Lipinski definition) is 3. The standard InChI is InChI=1S/C14H14BrN3O/c1-8-6-11(15)4-5-12(8)18-14(19)13-7-9(2)16-10(3)17-13/h4-7H,1-3H3,(H,18,19). The normalized spacial score (nSPS) is 10.3. The first kappa shape index (κ1) is 13.7. The van der Waals surface area contributed by atoms with Gasteiger partial charge in [0.2, 0.25) is 0 Å². The second kappa shape index (κ2) is 5.48. The molecular formula is C14H14BrN3O. The van der Waals surface area contributed by atoms with Crippen molar-refractivity contribution in [3.8, 4) is 0 Å². The monoisotopic (exact) mass is 319 g/mol. The van der Waals surface area contributed by atoms with Crippen LogP contribution in [0.25, 0.3) is 0 Å². The molecule has 98 valence electrons. The maximum absolute atomic E-state index is 12.1. The molecule has 0 aliphatic carbocycles. The third-order valence-corrected chi connectivity index (χ3v) is 3.13. The minimum atomic E-state index is -0.223. The van der Waals surface area contributed by atoms with Crippen molar-refractivity contribution in [2.24, 2.45) is 0 Å². The van der Waals surface area contributed by atoms with Crippen molar-refractivity contribution in [2.75, 3.05) is 5.32 Å². The first-order valence-corrected chi connectivity index (χ1v) is 6.65. The van der Waals surface area contributed by atoms with Gasteiger partial charge in [0.25, 0.3) is 5.91 Å². The number of aryl methyl sites for hydroxylation is 3. The average Bonchev–Trinajstić information content (AvgIpc) is 2.31. The van der Waals surface area contributed by atoms with E-state index in [0.717, 1.165) is 21.4 Å². The van der Waals surface area contributed by atoms with E-state index in [1.807, 2.05) is 32.0 Å². The highest BCUT2D eigenvalue weighted by Gasteiger charge is 2.10. The molecule has 5 heteroatoms. The molecule has 2 rings (SSSR count). The van der Waals surface area contributed by atoms with Crippen LogP contribution in [0.1, 0.15) is 27.6 Å². The summed E-state index contributed by atoms with van der Waals surface area (Å²) in [7, 11) is 0. The summed E-state index contributed by atoms with van der Waals surface area (Å²) in [6.07, 6.45) is 0. The van der Waals surface area contributed by atoms with Gasteiger partial charge in [-0.3, -0.25) is 4.79 Å². The molecule has 0 fully saturated rings. The van der Waals surface area contributed by atoms with Gasteiger partial charge < -0.3 is 5.32 Å². The van der Waals surface area contributed by atoms with Gasteiger partial charge in [-0.05, 0) is 50.6 Å². The molecule has 0 atom stereocenters. The molecule has 1 aromatic carbocycles. The Hall–Kier alpha value is -1.75. The van der Waals surface area contributed by atoms with E-state index in [-0.39, 0.29) is 5.91 Å². The molecule has 4 nitrogen and oxygen atoms in total. The molecule has 0 radical (unpaired) electrons. The molecule has 0 bridgehead atoms. The van der Waals surface area contributed by atoms with Gasteiger partial charge in [0.15, 0.2) is 0 Å². The molecule has 1 N–H and O–H groups in total. The van der Waals surface area contributed by atoms with Crippen molar-refractivity contribution >= 4 is 27.5 Å². The maximum atomic E-state index is 12.1. The van der Waals surface area contributed by atoms with Gasteiger partial charge in [-0.1, -0.05) is 15.9 Å². The highest BCUT2D eigenvalue weighted by molar-refractivity contribution is 9.10. The largest absolute Gasteiger partial charge is 0.320 e. The van der Waals surface area contributed by atoms with Crippen LogP contribution >= 0.6 is 15.9 Å². The van der Waals surface area contributed by atoms with Crippen molar-refractivity contribution in [1.82, 2.24) is 9.97 Å². The third kappa shape index (κ3) is 3.38. The number of nitrogens with zero attached hydrogens (tertiary/aromatic N) is 2. The molecule has 0 aliphatic heterocycles. The lowest BCUT2D eigenvalue weighted by Gasteiger charge is -2.09. The van der Waals surface area contributed by atoms with Crippen molar-refractivity contribution in [1.29, 1.82) is 0 Å². The molecule has 0 saturated carbocycles. The van der Waals surface area contributed by atoms with Gasteiger partial charge >= 0.3 is 0 Å². The SMILES string of the molecule is Cc1cc(C(=O)Nc2ccc(Br)cc2C)nc(C)n1. The number of carbonyl (C=O) groups is 1. The van der Waals surface area contributed by atoms with E-state index in [0.29, 0.717) is 11.5 Å². The number of rotatable bonds is 2. The lowest BCUT2D eigenvalue weighted by atomic mass is 10.2. The summed E-state index contributed by atoms with van der Waals surface area (Å²) < 4.78 is 0.983. The lowest BCUT2D eigenvalue weighted by molar-refractivity contribution is 0.102. The fourth-order valence-corrected chi connectivity index (χ4v) is 2.26. The number of nitrogens with one attached hydrogen (secondary N) is 1. The van der Waals surface area contributed by atoms with Gasteiger partial charge in [0, 0.05) is 15.9 Å². The molecule has 1 amide bonds. The van der Waals surface area contributed by atoms with E-state index < -0.39 is 0 Å². The zero-order valence-corrected chi connectivity index (χ0v) is 12.6. The van der Waals surface area contributed by atoms with Crippen LogP contribution in [0.2, 0.25) is 0 Å². The third-order valence-electron chi connectivity index (χ3n) is 2.64. The van der Waals surface area contributed by atoms with E-state index >= 15 is 0 Å². The summed E-state index contributed by atoms with van der Waals surface area (Å²) in [5, 5.41) is 2.86. The van der Waals surface area contributed by atoms with Crippen LogP contribution in [0, 0.1) is 20.8 Å². The van der Waals surface area contributed by atoms with Gasteiger partial charge in [-0.25, -0.2) is 9.97 Å². The van der Waals surface area contributed by atoms with Gasteiger partial charge in [0.1, 0.15) is 11.5 Å². The number of carbonyl (C=O) groups excluding carboxylic acids is 1. The molecular weight excluding hydrogens is 306 g/mol. The minimum Gasteiger partial charge on any atom is -0.320 e. The Morgan fingerprint density at radius 2 is 1.89 bits per heavy atom. The van der Waals surface area contributed by atoms with Gasteiger partial charge in [-0.2, -0.15) is 0 Å². The van der Waals surface area contributed by atoms with Crippen molar-refractivity contribution < 1.29 is 4.79 Å². The first-order chi connectivity index (χ1) is 8.95. The minimum absolute atomic E-state index is 0.223. The van der Waals surface area contributed by atoms with E-state index in [9.17, 15) is 4.79 Å². The van der Waals surface area contributed by atoms with E-state index in [4.69, 9.17) is 0 Å². The second-order valence-electron chi connectivity index (χ2n) is 4.36. The Balaban J connectivity index is 2.25. The van der Waals surface area contributed by atoms with Crippen molar-refractivity contribution in [2.45, 2.75) is 20.8 Å². The summed E-state index contributed by atoms with van der Waals surface area (Å²) >= 11 is 3.39. The Morgan fingerprint density at radius 3 is 2.53 bits per heavy atom. The van der Waals surface area contributed by atoms with Crippen LogP contribution in [-0.2, 0) is 0 Å². The lowest BCUT2D eigenvalue weighted by Crippen LogP contribution is -2.15. The van der Waals surface area contributed by atoms with Crippen LogP contribution in [0.5, 0.6) is 0 Å². The van der Waals surface area contributed by atoms with Gasteiger partial charge in [-0.15, -0.1) is 0 Å². The molecule has 1 heterocycles. The van der Waals surface area contributed by atoms with Crippen LogP contribution in [0.3, 0.4) is 0 Å². The Labute approximate surface area is 120 Å². The first-order valence-electron chi connectivity index (χ1n) is 5.85. The average molecular weight is 320 g/mol. The summed E-state index contributed by atoms with van der Waals surface area (Å²) in [5.41, 5.74) is 2.94. The van der Waals surface area contributed by atoms with E-state index in [1.165, 1.54) is 0 Å². The predicted molar refractivity (Wildman–Crippen MR) is 78.3 cm³/mol. The fraction of sp³-hybridized carbons (Fsp3) is 0.214. The number of benzene rings is 1. The molecule has 0 spiro atoms. The molecule has 1 aromatic heterocycles. The number of hydrogen-bond donors (Lipinski definition) is 1. The van der Waals surface area contributed by atoms with E-state index in [2.05, 4.69) is 31.2 Å². The van der Waals surface area contributed by atoms with Crippen LogP contribution in [0.15, 0.2) is 28.7 Å². The summed E-state index contributed by atoms with van der Waals surface area (Å²) in [6.45, 7) is 5.56. The van der Waals surface area contributed by atoms with Crippen LogP contribution < -0.4 is 5.32 Å². The fourth-order valence-electron chi connectivity index (χ4n) is 1.79. The number of aromatic nitrogens is 2. The topological polar surface area (TPSA) is 54.9 Å². The van der Waals surface area contributed by atoms with Gasteiger partial charge in [0.05, 0.1) is 0 Å². The summed E-state index contributed by atoms with van der Waals surface area (Å²) in [6, 6.07) is 7.37. The highest BCUT2D eigenvalue weighted by atomic mass is 79.9. The van der Waals surface area contributed by atoms with Crippen molar-refractivity contribution in [3.63, 3.8) is 0 Å². The molecule has 0 aliphatic rings. The van der Waals surface area contributed by atoms with Crippen molar-refractivity contribution in [3.05, 3.63) is 51.5 Å². The number of anilines is 1. The summed E-state index contributed by atoms with van der Waals surface area (Å²) in [5.74, 6) is 0.372. The molecule has 0 saturated heterocycles. The maximum Gasteiger partial charge on any atom is 0.274 e. The number of halogens is 1. The molecule has 2 aromatic rings. The number of amides is 1. The van der Waals surface area contributed by atoms with Crippen LogP contribution in [0.4, 0.5) is 5.69 Å². The quantitative estimate of drug-likeness (QED) is 0.922. The summed E-state index contributed by atoms with van der Waals surface area (Å²) in [4.78, 5) is 20.4. The second-order valence-corrected chi connectivity index (χ2v) is 5.27. The molecule has 19 heavy (non-hydrogen) atoms. The predicted octanol–water partition coefficient (Wildman–Crippen LogP) is 3.42. The Bertz CT molecular complexity index is 620. The Morgan fingerprint density at radius 1 is 1.16 bits per heavy atom. The smallest absolute Gasteiger partial charge is 0.274 e. The van der Waals surface area contributed by atoms with E-state index in [1.54, 1.807) is 13.0 Å². The highest BCUT2D eigenvalue weighted by Crippen LogP contribution is 2.20. The Kier molecular flexibility index (Phi) is 3.95. The molecule has 0 unspecified atom stereocenters. The van der Waals surface area contributed by atoms with Crippen LogP contribution in [-0.4, -0.2) is 15.9 Å². The zero-order valence-electron chi connectivity index (χ0n) is 11.0.